The Bertz CT molecular complexity index is 761. The van der Waals surface area contributed by atoms with Crippen molar-refractivity contribution >= 4 is 34.0 Å². The number of ether oxygens (including phenoxy) is 1. The number of rotatable bonds is 7. The zero-order valence-electron chi connectivity index (χ0n) is 13.6. The predicted molar refractivity (Wildman–Crippen MR) is 90.3 cm³/mol. The lowest BCUT2D eigenvalue weighted by Crippen LogP contribution is -2.45. The first-order chi connectivity index (χ1) is 11.6. The SMILES string of the molecule is C[C@H](NS(=O)(=O)/C=C/c1ccccc1)C(=O)O[C@H](C)C(=O)NC(N)=O. The third-order valence-corrected chi connectivity index (χ3v) is 4.02. The number of benzene rings is 1. The Morgan fingerprint density at radius 1 is 1.16 bits per heavy atom. The molecule has 0 radical (unpaired) electrons. The number of hydrogen-bond acceptors (Lipinski definition) is 6. The third kappa shape index (κ3) is 7.59. The Balaban J connectivity index is 2.62. The van der Waals surface area contributed by atoms with Gasteiger partial charge in [-0.1, -0.05) is 30.3 Å². The average molecular weight is 369 g/mol. The van der Waals surface area contributed by atoms with Crippen molar-refractivity contribution in [1.29, 1.82) is 0 Å². The van der Waals surface area contributed by atoms with Gasteiger partial charge in [0, 0.05) is 5.41 Å². The smallest absolute Gasteiger partial charge is 0.324 e. The lowest BCUT2D eigenvalue weighted by Gasteiger charge is -2.16. The van der Waals surface area contributed by atoms with E-state index < -0.39 is 40.1 Å². The first-order valence-corrected chi connectivity index (χ1v) is 8.71. The highest BCUT2D eigenvalue weighted by Gasteiger charge is 2.25. The number of amides is 3. The molecule has 0 aliphatic carbocycles. The lowest BCUT2D eigenvalue weighted by molar-refractivity contribution is -0.155. The maximum Gasteiger partial charge on any atom is 0.324 e. The third-order valence-electron chi connectivity index (χ3n) is 2.84. The number of urea groups is 1. The second-order valence-electron chi connectivity index (χ2n) is 5.03. The number of imide groups is 1. The van der Waals surface area contributed by atoms with Crippen LogP contribution in [0, 0.1) is 0 Å². The van der Waals surface area contributed by atoms with Gasteiger partial charge in [0.2, 0.25) is 10.0 Å². The maximum atomic E-state index is 11.9. The van der Waals surface area contributed by atoms with E-state index in [2.05, 4.69) is 4.72 Å². The molecule has 0 fully saturated rings. The van der Waals surface area contributed by atoms with E-state index in [-0.39, 0.29) is 0 Å². The van der Waals surface area contributed by atoms with Gasteiger partial charge in [-0.05, 0) is 25.5 Å². The standard InChI is InChI=1S/C15H19N3O6S/c1-10(14(20)24-11(2)13(19)17-15(16)21)18-25(22,23)9-8-12-6-4-3-5-7-12/h3-11,18H,1-2H3,(H3,16,17,19,21)/b9-8+/t10-,11+/m0/s1. The molecular formula is C15H19N3O6S. The van der Waals surface area contributed by atoms with Crippen LogP contribution in [0.4, 0.5) is 4.79 Å². The molecule has 0 unspecified atom stereocenters. The molecule has 3 amide bonds. The Kier molecular flexibility index (Phi) is 7.27. The van der Waals surface area contributed by atoms with Crippen LogP contribution in [0.5, 0.6) is 0 Å². The van der Waals surface area contributed by atoms with Gasteiger partial charge in [0.15, 0.2) is 6.10 Å². The zero-order chi connectivity index (χ0) is 19.0. The number of carbonyl (C=O) groups excluding carboxylic acids is 3. The fraction of sp³-hybridized carbons (Fsp3) is 0.267. The molecule has 0 heterocycles. The number of hydrogen-bond donors (Lipinski definition) is 3. The molecule has 0 saturated carbocycles. The minimum atomic E-state index is -3.91. The van der Waals surface area contributed by atoms with Crippen molar-refractivity contribution in [3.8, 4) is 0 Å². The number of nitrogens with two attached hydrogens (primary N) is 1. The van der Waals surface area contributed by atoms with Crippen molar-refractivity contribution in [2.45, 2.75) is 26.0 Å². The fourth-order valence-corrected chi connectivity index (χ4v) is 2.62. The van der Waals surface area contributed by atoms with Gasteiger partial charge in [0.25, 0.3) is 5.91 Å². The molecule has 2 atom stereocenters. The zero-order valence-corrected chi connectivity index (χ0v) is 14.4. The van der Waals surface area contributed by atoms with Crippen molar-refractivity contribution in [2.75, 3.05) is 0 Å². The Hall–Kier alpha value is -2.72. The normalized spacial score (nSPS) is 13.8. The van der Waals surface area contributed by atoms with Crippen molar-refractivity contribution in [3.05, 3.63) is 41.3 Å². The maximum absolute atomic E-state index is 11.9. The molecule has 25 heavy (non-hydrogen) atoms. The number of esters is 1. The highest BCUT2D eigenvalue weighted by molar-refractivity contribution is 7.92. The van der Waals surface area contributed by atoms with Crippen LogP contribution in [0.1, 0.15) is 19.4 Å². The van der Waals surface area contributed by atoms with Gasteiger partial charge in [0.1, 0.15) is 6.04 Å². The number of sulfonamides is 1. The summed E-state index contributed by atoms with van der Waals surface area (Å²) in [6.45, 7) is 2.47. The number of nitrogens with one attached hydrogen (secondary N) is 2. The molecule has 136 valence electrons. The second kappa shape index (κ2) is 8.94. The summed E-state index contributed by atoms with van der Waals surface area (Å²) in [5, 5.41) is 2.66. The molecule has 1 aromatic carbocycles. The minimum absolute atomic E-state index is 0.667. The van der Waals surface area contributed by atoms with Gasteiger partial charge in [-0.2, -0.15) is 4.72 Å². The predicted octanol–water partition coefficient (Wildman–Crippen LogP) is 0.0918. The highest BCUT2D eigenvalue weighted by atomic mass is 32.2. The van der Waals surface area contributed by atoms with E-state index in [0.29, 0.717) is 5.56 Å². The number of primary amides is 1. The summed E-state index contributed by atoms with van der Waals surface area (Å²) in [5.41, 5.74) is 5.44. The first-order valence-electron chi connectivity index (χ1n) is 7.17. The molecular weight excluding hydrogens is 350 g/mol. The molecule has 0 aromatic heterocycles. The van der Waals surface area contributed by atoms with Gasteiger partial charge in [0.05, 0.1) is 0 Å². The number of carbonyl (C=O) groups is 3. The summed E-state index contributed by atoms with van der Waals surface area (Å²) in [5.74, 6) is -1.90. The van der Waals surface area contributed by atoms with E-state index in [1.807, 2.05) is 0 Å². The summed E-state index contributed by atoms with van der Waals surface area (Å²) in [4.78, 5) is 33.8. The minimum Gasteiger partial charge on any atom is -0.451 e. The molecule has 4 N–H and O–H groups in total. The van der Waals surface area contributed by atoms with E-state index in [1.54, 1.807) is 35.6 Å². The van der Waals surface area contributed by atoms with Crippen molar-refractivity contribution in [1.82, 2.24) is 10.0 Å². The van der Waals surface area contributed by atoms with Crippen LogP contribution < -0.4 is 15.8 Å². The Morgan fingerprint density at radius 3 is 2.32 bits per heavy atom. The molecule has 0 aliphatic rings. The van der Waals surface area contributed by atoms with Gasteiger partial charge in [-0.3, -0.25) is 14.9 Å². The largest absolute Gasteiger partial charge is 0.451 e. The molecule has 9 nitrogen and oxygen atoms in total. The molecule has 10 heteroatoms. The van der Waals surface area contributed by atoms with Crippen molar-refractivity contribution < 1.29 is 27.5 Å². The van der Waals surface area contributed by atoms with E-state index in [4.69, 9.17) is 10.5 Å². The molecule has 1 aromatic rings. The van der Waals surface area contributed by atoms with Gasteiger partial charge >= 0.3 is 12.0 Å². The van der Waals surface area contributed by atoms with Crippen LogP contribution in [0.15, 0.2) is 35.7 Å². The van der Waals surface area contributed by atoms with Crippen LogP contribution in [0.2, 0.25) is 0 Å². The topological polar surface area (TPSA) is 145 Å². The second-order valence-corrected chi connectivity index (χ2v) is 6.63. The molecule has 0 saturated heterocycles. The van der Waals surface area contributed by atoms with Gasteiger partial charge in [-0.25, -0.2) is 13.2 Å². The van der Waals surface area contributed by atoms with Crippen molar-refractivity contribution in [3.63, 3.8) is 0 Å². The summed E-state index contributed by atoms with van der Waals surface area (Å²) in [6.07, 6.45) is 0.0513. The molecule has 0 aliphatic heterocycles. The highest BCUT2D eigenvalue weighted by Crippen LogP contribution is 2.04. The van der Waals surface area contributed by atoms with E-state index in [1.165, 1.54) is 19.9 Å². The van der Waals surface area contributed by atoms with Crippen LogP contribution >= 0.6 is 0 Å². The first kappa shape index (κ1) is 20.3. The Morgan fingerprint density at radius 2 is 1.76 bits per heavy atom. The summed E-state index contributed by atoms with van der Waals surface area (Å²) in [7, 11) is -3.91. The van der Waals surface area contributed by atoms with E-state index >= 15 is 0 Å². The van der Waals surface area contributed by atoms with Crippen LogP contribution in [-0.4, -0.2) is 38.5 Å². The van der Waals surface area contributed by atoms with Crippen molar-refractivity contribution in [2.24, 2.45) is 5.73 Å². The lowest BCUT2D eigenvalue weighted by atomic mass is 10.2. The molecule has 0 bridgehead atoms. The fourth-order valence-electron chi connectivity index (χ4n) is 1.62. The summed E-state index contributed by atoms with van der Waals surface area (Å²) < 4.78 is 30.7. The molecule has 0 spiro atoms. The van der Waals surface area contributed by atoms with Gasteiger partial charge < -0.3 is 10.5 Å². The van der Waals surface area contributed by atoms with Gasteiger partial charge in [-0.15, -0.1) is 0 Å². The monoisotopic (exact) mass is 369 g/mol. The van der Waals surface area contributed by atoms with Crippen LogP contribution in [-0.2, 0) is 24.3 Å². The van der Waals surface area contributed by atoms with E-state index in [9.17, 15) is 22.8 Å². The quantitative estimate of drug-likeness (QED) is 0.581. The summed E-state index contributed by atoms with van der Waals surface area (Å²) in [6, 6.07) is 6.38. The van der Waals surface area contributed by atoms with E-state index in [0.717, 1.165) is 5.41 Å². The molecule has 1 rings (SSSR count). The summed E-state index contributed by atoms with van der Waals surface area (Å²) >= 11 is 0. The average Bonchev–Trinajstić information content (AvgIpc) is 2.52. The van der Waals surface area contributed by atoms with Crippen LogP contribution in [0.3, 0.4) is 0 Å². The van der Waals surface area contributed by atoms with Crippen LogP contribution in [0.25, 0.3) is 6.08 Å². The Labute approximate surface area is 145 Å².